The van der Waals surface area contributed by atoms with Gasteiger partial charge in [0.25, 0.3) is 0 Å². The lowest BCUT2D eigenvalue weighted by molar-refractivity contribution is 0.188. The molecule has 0 aliphatic heterocycles. The van der Waals surface area contributed by atoms with Gasteiger partial charge >= 0.3 is 0 Å². The van der Waals surface area contributed by atoms with E-state index in [9.17, 15) is 5.11 Å². The minimum absolute atomic E-state index is 0.339. The summed E-state index contributed by atoms with van der Waals surface area (Å²) < 4.78 is 0. The molecule has 0 aliphatic carbocycles. The highest BCUT2D eigenvalue weighted by molar-refractivity contribution is 5.86. The second-order valence-corrected chi connectivity index (χ2v) is 4.25. The van der Waals surface area contributed by atoms with Crippen LogP contribution in [0, 0.1) is 11.3 Å². The van der Waals surface area contributed by atoms with Crippen molar-refractivity contribution in [3.05, 3.63) is 35.9 Å². The summed E-state index contributed by atoms with van der Waals surface area (Å²) in [5.41, 5.74) is 1.41. The van der Waals surface area contributed by atoms with E-state index in [1.165, 1.54) is 0 Å². The molecular weight excluding hydrogens is 226 g/mol. The average molecular weight is 241 g/mol. The van der Waals surface area contributed by atoms with Crippen molar-refractivity contribution >= 4 is 16.7 Å². The van der Waals surface area contributed by atoms with Crippen LogP contribution >= 0.6 is 0 Å². The first kappa shape index (κ1) is 12.3. The summed E-state index contributed by atoms with van der Waals surface area (Å²) in [6.45, 7) is 2.38. The van der Waals surface area contributed by atoms with Gasteiger partial charge in [-0.05, 0) is 25.5 Å². The van der Waals surface area contributed by atoms with Crippen LogP contribution in [0.25, 0.3) is 10.9 Å². The van der Waals surface area contributed by atoms with E-state index in [0.717, 1.165) is 10.9 Å². The standard InChI is InChI=1S/C14H15N3O/c1-10(18)6-7-16-14-8-11(9-15)12-4-2-3-5-13(12)17-14/h2-5,8,10,18H,6-7H2,1H3,(H,16,17). The van der Waals surface area contributed by atoms with Gasteiger partial charge in [0.2, 0.25) is 0 Å². The molecule has 0 aliphatic rings. The summed E-state index contributed by atoms with van der Waals surface area (Å²) in [5, 5.41) is 22.3. The molecule has 1 aromatic carbocycles. The molecule has 92 valence electrons. The van der Waals surface area contributed by atoms with Crippen molar-refractivity contribution in [1.29, 1.82) is 5.26 Å². The van der Waals surface area contributed by atoms with E-state index in [1.807, 2.05) is 24.3 Å². The lowest BCUT2D eigenvalue weighted by Gasteiger charge is -2.09. The van der Waals surface area contributed by atoms with Crippen molar-refractivity contribution in [3.63, 3.8) is 0 Å². The maximum absolute atomic E-state index is 9.19. The molecule has 2 aromatic rings. The van der Waals surface area contributed by atoms with E-state index in [-0.39, 0.29) is 6.10 Å². The van der Waals surface area contributed by atoms with Crippen LogP contribution in [0.5, 0.6) is 0 Å². The highest BCUT2D eigenvalue weighted by Crippen LogP contribution is 2.19. The third-order valence-electron chi connectivity index (χ3n) is 2.70. The Labute approximate surface area is 106 Å². The maximum Gasteiger partial charge on any atom is 0.127 e. The van der Waals surface area contributed by atoms with Crippen LogP contribution in [-0.4, -0.2) is 22.7 Å². The van der Waals surface area contributed by atoms with Crippen LogP contribution in [0.4, 0.5) is 5.82 Å². The SMILES string of the molecule is CC(O)CCNc1cc(C#N)c2ccccc2n1. The topological polar surface area (TPSA) is 68.9 Å². The summed E-state index contributed by atoms with van der Waals surface area (Å²) in [6, 6.07) is 11.5. The Bertz CT molecular complexity index is 587. The van der Waals surface area contributed by atoms with Crippen molar-refractivity contribution in [1.82, 2.24) is 4.98 Å². The first-order valence-corrected chi connectivity index (χ1v) is 5.92. The number of pyridine rings is 1. The molecule has 1 unspecified atom stereocenters. The first-order valence-electron chi connectivity index (χ1n) is 5.92. The predicted octanol–water partition coefficient (Wildman–Crippen LogP) is 2.29. The molecule has 0 amide bonds. The lowest BCUT2D eigenvalue weighted by atomic mass is 10.1. The van der Waals surface area contributed by atoms with Gasteiger partial charge in [0.1, 0.15) is 5.82 Å². The maximum atomic E-state index is 9.19. The molecule has 2 N–H and O–H groups in total. The normalized spacial score (nSPS) is 12.1. The Morgan fingerprint density at radius 2 is 2.22 bits per heavy atom. The lowest BCUT2D eigenvalue weighted by Crippen LogP contribution is -2.10. The molecule has 0 bridgehead atoms. The number of aromatic nitrogens is 1. The Balaban J connectivity index is 2.27. The molecule has 1 atom stereocenters. The zero-order valence-electron chi connectivity index (χ0n) is 10.2. The molecule has 0 spiro atoms. The summed E-state index contributed by atoms with van der Waals surface area (Å²) in [6.07, 6.45) is 0.310. The summed E-state index contributed by atoms with van der Waals surface area (Å²) in [5.74, 6) is 0.672. The second kappa shape index (κ2) is 5.48. The van der Waals surface area contributed by atoms with Crippen molar-refractivity contribution in [2.45, 2.75) is 19.4 Å². The number of nitrogens with one attached hydrogen (secondary N) is 1. The summed E-state index contributed by atoms with van der Waals surface area (Å²) in [4.78, 5) is 4.44. The molecule has 2 rings (SSSR count). The third kappa shape index (κ3) is 2.76. The monoisotopic (exact) mass is 241 g/mol. The van der Waals surface area contributed by atoms with E-state index in [2.05, 4.69) is 16.4 Å². The van der Waals surface area contributed by atoms with Crippen molar-refractivity contribution < 1.29 is 5.11 Å². The number of aliphatic hydroxyl groups excluding tert-OH is 1. The molecule has 0 saturated heterocycles. The third-order valence-corrected chi connectivity index (χ3v) is 2.70. The number of hydrogen-bond acceptors (Lipinski definition) is 4. The van der Waals surface area contributed by atoms with Gasteiger partial charge in [-0.15, -0.1) is 0 Å². The fourth-order valence-electron chi connectivity index (χ4n) is 1.77. The predicted molar refractivity (Wildman–Crippen MR) is 71.2 cm³/mol. The number of anilines is 1. The van der Waals surface area contributed by atoms with E-state index in [1.54, 1.807) is 13.0 Å². The quantitative estimate of drug-likeness (QED) is 0.861. The van der Waals surface area contributed by atoms with E-state index in [4.69, 9.17) is 5.26 Å². The van der Waals surface area contributed by atoms with Gasteiger partial charge in [-0.25, -0.2) is 4.98 Å². The Hall–Kier alpha value is -2.12. The van der Waals surface area contributed by atoms with Crippen molar-refractivity contribution in [3.8, 4) is 6.07 Å². The number of nitrogens with zero attached hydrogens (tertiary/aromatic N) is 2. The first-order chi connectivity index (χ1) is 8.70. The van der Waals surface area contributed by atoms with Gasteiger partial charge in [-0.1, -0.05) is 18.2 Å². The van der Waals surface area contributed by atoms with Crippen LogP contribution in [0.3, 0.4) is 0 Å². The number of aliphatic hydroxyl groups is 1. The van der Waals surface area contributed by atoms with Gasteiger partial charge in [0.05, 0.1) is 23.3 Å². The molecule has 0 saturated carbocycles. The summed E-state index contributed by atoms with van der Waals surface area (Å²) in [7, 11) is 0. The fraction of sp³-hybridized carbons (Fsp3) is 0.286. The number of benzene rings is 1. The van der Waals surface area contributed by atoms with E-state index < -0.39 is 0 Å². The smallest absolute Gasteiger partial charge is 0.127 e. The zero-order valence-corrected chi connectivity index (χ0v) is 10.2. The van der Waals surface area contributed by atoms with Crippen LogP contribution < -0.4 is 5.32 Å². The van der Waals surface area contributed by atoms with Gasteiger partial charge in [0, 0.05) is 11.9 Å². The number of rotatable bonds is 4. The van der Waals surface area contributed by atoms with Crippen LogP contribution in [0.2, 0.25) is 0 Å². The number of fused-ring (bicyclic) bond motifs is 1. The van der Waals surface area contributed by atoms with Crippen LogP contribution in [0.15, 0.2) is 30.3 Å². The van der Waals surface area contributed by atoms with Crippen molar-refractivity contribution in [2.75, 3.05) is 11.9 Å². The van der Waals surface area contributed by atoms with Crippen LogP contribution in [-0.2, 0) is 0 Å². The Morgan fingerprint density at radius 3 is 2.94 bits per heavy atom. The molecule has 0 fully saturated rings. The number of hydrogen-bond donors (Lipinski definition) is 2. The Kier molecular flexibility index (Phi) is 3.75. The molecule has 4 heteroatoms. The molecule has 18 heavy (non-hydrogen) atoms. The zero-order chi connectivity index (χ0) is 13.0. The molecule has 1 heterocycles. The van der Waals surface area contributed by atoms with Gasteiger partial charge in [0.15, 0.2) is 0 Å². The number of nitriles is 1. The second-order valence-electron chi connectivity index (χ2n) is 4.25. The fourth-order valence-corrected chi connectivity index (χ4v) is 1.77. The largest absolute Gasteiger partial charge is 0.393 e. The highest BCUT2D eigenvalue weighted by Gasteiger charge is 2.04. The Morgan fingerprint density at radius 1 is 1.44 bits per heavy atom. The number of para-hydroxylation sites is 1. The van der Waals surface area contributed by atoms with Crippen LogP contribution in [0.1, 0.15) is 18.9 Å². The van der Waals surface area contributed by atoms with E-state index >= 15 is 0 Å². The molecule has 0 radical (unpaired) electrons. The minimum Gasteiger partial charge on any atom is -0.393 e. The minimum atomic E-state index is -0.339. The summed E-state index contributed by atoms with van der Waals surface area (Å²) >= 11 is 0. The van der Waals surface area contributed by atoms with E-state index in [0.29, 0.717) is 24.3 Å². The van der Waals surface area contributed by atoms with Crippen molar-refractivity contribution in [2.24, 2.45) is 0 Å². The highest BCUT2D eigenvalue weighted by atomic mass is 16.3. The van der Waals surface area contributed by atoms with Gasteiger partial charge in [-0.2, -0.15) is 5.26 Å². The van der Waals surface area contributed by atoms with Gasteiger partial charge in [-0.3, -0.25) is 0 Å². The molecule has 1 aromatic heterocycles. The van der Waals surface area contributed by atoms with Gasteiger partial charge < -0.3 is 10.4 Å². The molecule has 4 nitrogen and oxygen atoms in total. The average Bonchev–Trinajstić information content (AvgIpc) is 2.37. The molecular formula is C14H15N3O.